The predicted octanol–water partition coefficient (Wildman–Crippen LogP) is 5.94. The first-order chi connectivity index (χ1) is 15.5. The number of benzene rings is 2. The van der Waals surface area contributed by atoms with Gasteiger partial charge in [0.05, 0.1) is 18.1 Å². The van der Waals surface area contributed by atoms with E-state index in [1.807, 2.05) is 42.6 Å². The van der Waals surface area contributed by atoms with Gasteiger partial charge in [0, 0.05) is 0 Å². The molecule has 0 saturated carbocycles. The van der Waals surface area contributed by atoms with E-state index in [4.69, 9.17) is 21.7 Å². The highest BCUT2D eigenvalue weighted by Gasteiger charge is 2.35. The van der Waals surface area contributed by atoms with Crippen LogP contribution >= 0.6 is 35.3 Å². The molecule has 5 nitrogen and oxygen atoms in total. The first kappa shape index (κ1) is 22.3. The highest BCUT2D eigenvalue weighted by atomic mass is 32.2. The van der Waals surface area contributed by atoms with E-state index >= 15 is 0 Å². The summed E-state index contributed by atoms with van der Waals surface area (Å²) < 4.78 is 11.4. The smallest absolute Gasteiger partial charge is 0.353 e. The molecule has 8 heteroatoms. The van der Waals surface area contributed by atoms with Crippen LogP contribution in [0.2, 0.25) is 0 Å². The lowest BCUT2D eigenvalue weighted by Crippen LogP contribution is -2.30. The van der Waals surface area contributed by atoms with Gasteiger partial charge in [-0.1, -0.05) is 66.4 Å². The molecule has 2 aromatic carbocycles. The SMILES string of the molecule is COc1cc(C=C2SC(=S)N(C(C)c3ccccc3)C2=O)ccc1OC(=O)c1cccs1. The average Bonchev–Trinajstić information content (AvgIpc) is 3.43. The van der Waals surface area contributed by atoms with E-state index in [0.29, 0.717) is 25.6 Å². The van der Waals surface area contributed by atoms with Gasteiger partial charge in [0.15, 0.2) is 11.5 Å². The topological polar surface area (TPSA) is 55.8 Å². The Morgan fingerprint density at radius 2 is 1.88 bits per heavy atom. The zero-order valence-electron chi connectivity index (χ0n) is 17.3. The van der Waals surface area contributed by atoms with E-state index in [-0.39, 0.29) is 11.9 Å². The van der Waals surface area contributed by atoms with Gasteiger partial charge in [0.1, 0.15) is 9.20 Å². The third kappa shape index (κ3) is 4.62. The largest absolute Gasteiger partial charge is 0.493 e. The fourth-order valence-corrected chi connectivity index (χ4v) is 5.27. The van der Waals surface area contributed by atoms with Crippen LogP contribution in [0.5, 0.6) is 11.5 Å². The minimum Gasteiger partial charge on any atom is -0.493 e. The molecule has 2 heterocycles. The summed E-state index contributed by atoms with van der Waals surface area (Å²) in [4.78, 5) is 28.0. The minimum absolute atomic E-state index is 0.136. The molecular weight excluding hydrogens is 462 g/mol. The highest BCUT2D eigenvalue weighted by molar-refractivity contribution is 8.26. The van der Waals surface area contributed by atoms with Crippen LogP contribution in [0.15, 0.2) is 70.9 Å². The molecule has 0 spiro atoms. The lowest BCUT2D eigenvalue weighted by Gasteiger charge is -2.23. The van der Waals surface area contributed by atoms with Gasteiger partial charge in [0.2, 0.25) is 0 Å². The molecule has 162 valence electrons. The summed E-state index contributed by atoms with van der Waals surface area (Å²) in [5.41, 5.74) is 1.76. The van der Waals surface area contributed by atoms with Crippen molar-refractivity contribution < 1.29 is 19.1 Å². The van der Waals surface area contributed by atoms with Crippen LogP contribution in [0.25, 0.3) is 6.08 Å². The second-order valence-corrected chi connectivity index (χ2v) is 9.54. The van der Waals surface area contributed by atoms with Crippen LogP contribution in [0.4, 0.5) is 0 Å². The second kappa shape index (κ2) is 9.68. The summed E-state index contributed by atoms with van der Waals surface area (Å²) in [5, 5.41) is 1.81. The number of hydrogen-bond donors (Lipinski definition) is 0. The van der Waals surface area contributed by atoms with Crippen molar-refractivity contribution in [3.8, 4) is 11.5 Å². The Morgan fingerprint density at radius 1 is 1.09 bits per heavy atom. The number of thiophene rings is 1. The number of hydrogen-bond acceptors (Lipinski definition) is 7. The molecule has 1 amide bonds. The van der Waals surface area contributed by atoms with Gasteiger partial charge in [-0.3, -0.25) is 9.69 Å². The Labute approximate surface area is 199 Å². The monoisotopic (exact) mass is 481 g/mol. The van der Waals surface area contributed by atoms with Crippen LogP contribution < -0.4 is 9.47 Å². The van der Waals surface area contributed by atoms with Gasteiger partial charge in [0.25, 0.3) is 5.91 Å². The van der Waals surface area contributed by atoms with Crippen molar-refractivity contribution in [2.75, 3.05) is 7.11 Å². The number of methoxy groups -OCH3 is 1. The molecule has 1 fully saturated rings. The standard InChI is InChI=1S/C24H19NO4S3/c1-15(17-7-4-3-5-8-17)25-22(26)21(32-24(25)30)14-16-10-11-18(19(13-16)28-2)29-23(27)20-9-6-12-31-20/h3-15H,1-2H3. The van der Waals surface area contributed by atoms with Gasteiger partial charge < -0.3 is 9.47 Å². The molecule has 0 radical (unpaired) electrons. The summed E-state index contributed by atoms with van der Waals surface area (Å²) in [6, 6.07) is 18.3. The molecule has 32 heavy (non-hydrogen) atoms. The molecule has 3 aromatic rings. The fraction of sp³-hybridized carbons (Fsp3) is 0.125. The van der Waals surface area contributed by atoms with E-state index in [9.17, 15) is 9.59 Å². The zero-order valence-corrected chi connectivity index (χ0v) is 19.8. The number of nitrogens with zero attached hydrogens (tertiary/aromatic N) is 1. The number of carbonyl (C=O) groups excluding carboxylic acids is 2. The molecule has 1 aliphatic heterocycles. The van der Waals surface area contributed by atoms with Crippen LogP contribution in [-0.2, 0) is 4.79 Å². The first-order valence-electron chi connectivity index (χ1n) is 9.73. The van der Waals surface area contributed by atoms with Crippen molar-refractivity contribution in [2.45, 2.75) is 13.0 Å². The molecule has 4 rings (SSSR count). The van der Waals surface area contributed by atoms with Crippen molar-refractivity contribution in [3.05, 3.63) is 87.0 Å². The van der Waals surface area contributed by atoms with E-state index in [2.05, 4.69) is 0 Å². The molecule has 1 unspecified atom stereocenters. The normalized spacial score (nSPS) is 15.8. The Morgan fingerprint density at radius 3 is 2.56 bits per heavy atom. The maximum absolute atomic E-state index is 13.1. The molecule has 1 aromatic heterocycles. The maximum atomic E-state index is 13.1. The Balaban J connectivity index is 1.55. The van der Waals surface area contributed by atoms with Crippen LogP contribution in [0.3, 0.4) is 0 Å². The fourth-order valence-electron chi connectivity index (χ4n) is 3.25. The van der Waals surface area contributed by atoms with Crippen molar-refractivity contribution in [2.24, 2.45) is 0 Å². The van der Waals surface area contributed by atoms with E-state index in [1.54, 1.807) is 41.3 Å². The van der Waals surface area contributed by atoms with Gasteiger partial charge in [-0.2, -0.15) is 0 Å². The molecule has 1 aliphatic rings. The Bertz CT molecular complexity index is 1190. The minimum atomic E-state index is -0.443. The van der Waals surface area contributed by atoms with Gasteiger partial charge in [-0.15, -0.1) is 11.3 Å². The van der Waals surface area contributed by atoms with Crippen molar-refractivity contribution >= 4 is 57.6 Å². The number of esters is 1. The molecule has 0 bridgehead atoms. The van der Waals surface area contributed by atoms with E-state index in [0.717, 1.165) is 11.1 Å². The zero-order chi connectivity index (χ0) is 22.7. The number of ether oxygens (including phenoxy) is 2. The third-order valence-corrected chi connectivity index (χ3v) is 7.08. The molecule has 0 aliphatic carbocycles. The Kier molecular flexibility index (Phi) is 6.74. The summed E-state index contributed by atoms with van der Waals surface area (Å²) in [5.74, 6) is 0.135. The number of amides is 1. The van der Waals surface area contributed by atoms with E-state index < -0.39 is 5.97 Å². The third-order valence-electron chi connectivity index (χ3n) is 4.90. The van der Waals surface area contributed by atoms with E-state index in [1.165, 1.54) is 30.2 Å². The summed E-state index contributed by atoms with van der Waals surface area (Å²) in [7, 11) is 1.50. The van der Waals surface area contributed by atoms with Gasteiger partial charge in [-0.05, 0) is 47.7 Å². The van der Waals surface area contributed by atoms with Gasteiger partial charge in [-0.25, -0.2) is 4.79 Å². The van der Waals surface area contributed by atoms with Crippen molar-refractivity contribution in [1.29, 1.82) is 0 Å². The summed E-state index contributed by atoms with van der Waals surface area (Å²) >= 11 is 8.07. The van der Waals surface area contributed by atoms with Crippen LogP contribution in [0, 0.1) is 0 Å². The molecule has 0 N–H and O–H groups in total. The Hall–Kier alpha value is -2.94. The van der Waals surface area contributed by atoms with Crippen LogP contribution in [-0.4, -0.2) is 28.2 Å². The quantitative estimate of drug-likeness (QED) is 0.188. The number of carbonyl (C=O) groups is 2. The maximum Gasteiger partial charge on any atom is 0.353 e. The molecule has 1 saturated heterocycles. The van der Waals surface area contributed by atoms with Crippen LogP contribution in [0.1, 0.15) is 33.8 Å². The number of rotatable bonds is 6. The molecule has 1 atom stereocenters. The average molecular weight is 482 g/mol. The summed E-state index contributed by atoms with van der Waals surface area (Å²) in [6.07, 6.45) is 1.77. The predicted molar refractivity (Wildman–Crippen MR) is 132 cm³/mol. The van der Waals surface area contributed by atoms with Crippen molar-refractivity contribution in [3.63, 3.8) is 0 Å². The highest BCUT2D eigenvalue weighted by Crippen LogP contribution is 2.39. The second-order valence-electron chi connectivity index (χ2n) is 6.92. The number of thioether (sulfide) groups is 1. The lowest BCUT2D eigenvalue weighted by atomic mass is 10.1. The van der Waals surface area contributed by atoms with Gasteiger partial charge >= 0.3 is 5.97 Å². The first-order valence-corrected chi connectivity index (χ1v) is 11.8. The lowest BCUT2D eigenvalue weighted by molar-refractivity contribution is -0.123. The molecular formula is C24H19NO4S3. The number of thiocarbonyl (C=S) groups is 1. The van der Waals surface area contributed by atoms with Crippen molar-refractivity contribution in [1.82, 2.24) is 4.90 Å². The summed E-state index contributed by atoms with van der Waals surface area (Å²) in [6.45, 7) is 1.96.